The molecule has 0 heterocycles. The van der Waals surface area contributed by atoms with Crippen molar-refractivity contribution in [2.45, 2.75) is 47.1 Å². The van der Waals surface area contributed by atoms with Gasteiger partial charge in [0.25, 0.3) is 0 Å². The van der Waals surface area contributed by atoms with Gasteiger partial charge in [-0.15, -0.1) is 0 Å². The van der Waals surface area contributed by atoms with Crippen LogP contribution in [0.1, 0.15) is 41.0 Å². The summed E-state index contributed by atoms with van der Waals surface area (Å²) < 4.78 is 10.5. The van der Waals surface area contributed by atoms with E-state index in [1.807, 2.05) is 20.8 Å². The van der Waals surface area contributed by atoms with Gasteiger partial charge in [-0.05, 0) is 33.1 Å². The molecule has 0 aromatic rings. The lowest BCUT2D eigenvalue weighted by Crippen LogP contribution is -2.23. The number of carbonyl (C=O) groups is 1. The Morgan fingerprint density at radius 3 is 2.27 bits per heavy atom. The molecule has 0 radical (unpaired) electrons. The second kappa shape index (κ2) is 7.69. The van der Waals surface area contributed by atoms with Crippen LogP contribution in [-0.2, 0) is 14.3 Å². The molecular weight excluding hydrogens is 192 g/mol. The van der Waals surface area contributed by atoms with E-state index in [0.717, 1.165) is 6.42 Å². The molecule has 0 N–H and O–H groups in total. The Morgan fingerprint density at radius 2 is 1.80 bits per heavy atom. The molecule has 3 heteroatoms. The first-order chi connectivity index (χ1) is 6.97. The second-order valence-electron chi connectivity index (χ2n) is 4.43. The maximum Gasteiger partial charge on any atom is 0.310 e. The Labute approximate surface area is 93.1 Å². The van der Waals surface area contributed by atoms with Gasteiger partial charge in [-0.2, -0.15) is 0 Å². The van der Waals surface area contributed by atoms with Crippen molar-refractivity contribution in [2.75, 3.05) is 13.2 Å². The zero-order chi connectivity index (χ0) is 11.8. The molecule has 0 bridgehead atoms. The van der Waals surface area contributed by atoms with E-state index in [-0.39, 0.29) is 18.0 Å². The summed E-state index contributed by atoms with van der Waals surface area (Å²) in [7, 11) is 0. The molecule has 0 spiro atoms. The molecule has 15 heavy (non-hydrogen) atoms. The summed E-state index contributed by atoms with van der Waals surface area (Å²) in [5.41, 5.74) is 0. The van der Waals surface area contributed by atoms with E-state index in [2.05, 4.69) is 13.8 Å². The van der Waals surface area contributed by atoms with Crippen molar-refractivity contribution in [2.24, 2.45) is 11.8 Å². The molecule has 90 valence electrons. The summed E-state index contributed by atoms with van der Waals surface area (Å²) >= 11 is 0. The molecule has 0 amide bonds. The molecule has 0 aliphatic heterocycles. The number of ether oxygens (including phenoxy) is 2. The molecule has 0 aliphatic rings. The van der Waals surface area contributed by atoms with Crippen LogP contribution in [0.25, 0.3) is 0 Å². The van der Waals surface area contributed by atoms with E-state index in [0.29, 0.717) is 19.1 Å². The first-order valence-electron chi connectivity index (χ1n) is 5.75. The molecule has 0 aliphatic carbocycles. The predicted octanol–water partition coefficient (Wildman–Crippen LogP) is 2.64. The third-order valence-electron chi connectivity index (χ3n) is 2.12. The van der Waals surface area contributed by atoms with Crippen molar-refractivity contribution in [3.63, 3.8) is 0 Å². The number of hydrogen-bond acceptors (Lipinski definition) is 3. The van der Waals surface area contributed by atoms with Gasteiger partial charge in [-0.3, -0.25) is 4.79 Å². The summed E-state index contributed by atoms with van der Waals surface area (Å²) in [5.74, 6) is 0.284. The lowest BCUT2D eigenvalue weighted by atomic mass is 10.1. The van der Waals surface area contributed by atoms with Crippen LogP contribution < -0.4 is 0 Å². The molecule has 3 nitrogen and oxygen atoms in total. The zero-order valence-corrected chi connectivity index (χ0v) is 10.6. The monoisotopic (exact) mass is 216 g/mol. The van der Waals surface area contributed by atoms with Crippen molar-refractivity contribution in [1.29, 1.82) is 0 Å². The number of carbonyl (C=O) groups excluding carboxylic acids is 1. The molecule has 2 atom stereocenters. The van der Waals surface area contributed by atoms with Gasteiger partial charge in [-0.1, -0.05) is 13.8 Å². The molecule has 0 aromatic heterocycles. The second-order valence-corrected chi connectivity index (χ2v) is 4.43. The highest BCUT2D eigenvalue weighted by Gasteiger charge is 2.15. The van der Waals surface area contributed by atoms with Gasteiger partial charge in [-0.25, -0.2) is 0 Å². The molecule has 0 fully saturated rings. The van der Waals surface area contributed by atoms with Crippen molar-refractivity contribution >= 4 is 5.97 Å². The molecule has 2 unspecified atom stereocenters. The van der Waals surface area contributed by atoms with Gasteiger partial charge in [0.05, 0.1) is 25.2 Å². The van der Waals surface area contributed by atoms with Gasteiger partial charge in [0.15, 0.2) is 0 Å². The van der Waals surface area contributed by atoms with E-state index < -0.39 is 0 Å². The lowest BCUT2D eigenvalue weighted by Gasteiger charge is -2.17. The molecule has 0 rings (SSSR count). The Hall–Kier alpha value is -0.570. The topological polar surface area (TPSA) is 35.5 Å². The van der Waals surface area contributed by atoms with Gasteiger partial charge < -0.3 is 9.47 Å². The van der Waals surface area contributed by atoms with Crippen molar-refractivity contribution < 1.29 is 14.3 Å². The maximum absolute atomic E-state index is 11.3. The summed E-state index contributed by atoms with van der Waals surface area (Å²) in [6, 6.07) is 0. The molecule has 0 saturated heterocycles. The summed E-state index contributed by atoms with van der Waals surface area (Å²) in [6.45, 7) is 10.9. The number of hydrogen-bond donors (Lipinski definition) is 0. The smallest absolute Gasteiger partial charge is 0.310 e. The van der Waals surface area contributed by atoms with Crippen LogP contribution >= 0.6 is 0 Å². The van der Waals surface area contributed by atoms with E-state index >= 15 is 0 Å². The average Bonchev–Trinajstić information content (AvgIpc) is 2.13. The van der Waals surface area contributed by atoms with Crippen LogP contribution in [0.15, 0.2) is 0 Å². The van der Waals surface area contributed by atoms with Gasteiger partial charge in [0, 0.05) is 0 Å². The highest BCUT2D eigenvalue weighted by Crippen LogP contribution is 2.09. The fourth-order valence-electron chi connectivity index (χ4n) is 1.39. The van der Waals surface area contributed by atoms with Crippen molar-refractivity contribution in [3.8, 4) is 0 Å². The number of esters is 1. The van der Waals surface area contributed by atoms with Crippen LogP contribution in [0.3, 0.4) is 0 Å². The van der Waals surface area contributed by atoms with Crippen LogP contribution in [-0.4, -0.2) is 25.3 Å². The highest BCUT2D eigenvalue weighted by atomic mass is 16.5. The van der Waals surface area contributed by atoms with E-state index in [4.69, 9.17) is 9.47 Å². The highest BCUT2D eigenvalue weighted by molar-refractivity contribution is 5.72. The maximum atomic E-state index is 11.3. The Balaban J connectivity index is 3.69. The number of rotatable bonds is 7. The normalized spacial score (nSPS) is 15.1. The molecular formula is C12H24O3. The minimum atomic E-state index is -0.172. The fraction of sp³-hybridized carbons (Fsp3) is 0.917. The third kappa shape index (κ3) is 7.37. The van der Waals surface area contributed by atoms with E-state index in [1.165, 1.54) is 0 Å². The van der Waals surface area contributed by atoms with Crippen LogP contribution in [0.5, 0.6) is 0 Å². The van der Waals surface area contributed by atoms with Gasteiger partial charge in [0.2, 0.25) is 0 Å². The van der Waals surface area contributed by atoms with Crippen molar-refractivity contribution in [3.05, 3.63) is 0 Å². The van der Waals surface area contributed by atoms with Crippen molar-refractivity contribution in [1.82, 2.24) is 0 Å². The van der Waals surface area contributed by atoms with Crippen LogP contribution in [0, 0.1) is 11.8 Å². The van der Waals surface area contributed by atoms with E-state index in [9.17, 15) is 4.79 Å². The standard InChI is InChI=1S/C12H24O3/c1-6-14-12(13)10(4)8-15-11(5)7-9(2)3/h9-11H,6-8H2,1-5H3. The largest absolute Gasteiger partial charge is 0.466 e. The summed E-state index contributed by atoms with van der Waals surface area (Å²) in [5, 5.41) is 0. The lowest BCUT2D eigenvalue weighted by molar-refractivity contribution is -0.150. The van der Waals surface area contributed by atoms with Crippen LogP contribution in [0.2, 0.25) is 0 Å². The fourth-order valence-corrected chi connectivity index (χ4v) is 1.39. The Kier molecular flexibility index (Phi) is 7.39. The Morgan fingerprint density at radius 1 is 1.20 bits per heavy atom. The van der Waals surface area contributed by atoms with Gasteiger partial charge >= 0.3 is 5.97 Å². The molecule has 0 saturated carbocycles. The zero-order valence-electron chi connectivity index (χ0n) is 10.6. The Bertz CT molecular complexity index is 178. The predicted molar refractivity (Wildman–Crippen MR) is 60.7 cm³/mol. The molecule has 0 aromatic carbocycles. The van der Waals surface area contributed by atoms with E-state index in [1.54, 1.807) is 0 Å². The summed E-state index contributed by atoms with van der Waals surface area (Å²) in [6.07, 6.45) is 1.23. The third-order valence-corrected chi connectivity index (χ3v) is 2.12. The quantitative estimate of drug-likeness (QED) is 0.614. The SMILES string of the molecule is CCOC(=O)C(C)COC(C)CC(C)C. The van der Waals surface area contributed by atoms with Gasteiger partial charge in [0.1, 0.15) is 0 Å². The minimum Gasteiger partial charge on any atom is -0.466 e. The first-order valence-corrected chi connectivity index (χ1v) is 5.75. The van der Waals surface area contributed by atoms with Crippen LogP contribution in [0.4, 0.5) is 0 Å². The first kappa shape index (κ1) is 14.4. The summed E-state index contributed by atoms with van der Waals surface area (Å²) in [4.78, 5) is 11.3. The average molecular weight is 216 g/mol. The minimum absolute atomic E-state index is 0.167.